The number of H-pyrrole nitrogens is 1. The Labute approximate surface area is 114 Å². The van der Waals surface area contributed by atoms with Gasteiger partial charge in [-0.25, -0.2) is 4.98 Å². The molecule has 0 spiro atoms. The number of halogens is 1. The summed E-state index contributed by atoms with van der Waals surface area (Å²) in [7, 11) is 0. The van der Waals surface area contributed by atoms with E-state index in [1.54, 1.807) is 6.20 Å². The molecular weight excluding hydrogens is 266 g/mol. The van der Waals surface area contributed by atoms with Crippen molar-refractivity contribution in [1.82, 2.24) is 14.5 Å². The van der Waals surface area contributed by atoms with E-state index in [9.17, 15) is 0 Å². The number of pyridine rings is 1. The lowest BCUT2D eigenvalue weighted by atomic mass is 10.2. The van der Waals surface area contributed by atoms with Crippen LogP contribution >= 0.6 is 23.8 Å². The van der Waals surface area contributed by atoms with Crippen LogP contribution in [0.2, 0.25) is 5.02 Å². The van der Waals surface area contributed by atoms with Crippen LogP contribution in [-0.2, 0) is 0 Å². The third kappa shape index (κ3) is 1.74. The van der Waals surface area contributed by atoms with E-state index in [0.717, 1.165) is 27.4 Å². The van der Waals surface area contributed by atoms with Crippen LogP contribution < -0.4 is 0 Å². The lowest BCUT2D eigenvalue weighted by molar-refractivity contribution is 1.04. The summed E-state index contributed by atoms with van der Waals surface area (Å²) in [6.07, 6.45) is 1.75. The first-order valence-electron chi connectivity index (χ1n) is 5.49. The molecule has 0 saturated carbocycles. The van der Waals surface area contributed by atoms with Gasteiger partial charge in [-0.15, -0.1) is 0 Å². The molecule has 18 heavy (non-hydrogen) atoms. The van der Waals surface area contributed by atoms with Crippen LogP contribution in [0, 0.1) is 11.7 Å². The smallest absolute Gasteiger partial charge is 0.183 e. The van der Waals surface area contributed by atoms with Crippen molar-refractivity contribution in [3.8, 4) is 5.69 Å². The van der Waals surface area contributed by atoms with E-state index < -0.39 is 0 Å². The molecule has 0 aliphatic heterocycles. The van der Waals surface area contributed by atoms with E-state index in [4.69, 9.17) is 23.8 Å². The van der Waals surface area contributed by atoms with E-state index in [-0.39, 0.29) is 0 Å². The van der Waals surface area contributed by atoms with Gasteiger partial charge < -0.3 is 4.98 Å². The number of fused-ring (bicyclic) bond motifs is 1. The fraction of sp³-hybridized carbons (Fsp3) is 0.0769. The third-order valence-corrected chi connectivity index (χ3v) is 3.55. The van der Waals surface area contributed by atoms with Gasteiger partial charge in [-0.3, -0.25) is 4.57 Å². The highest BCUT2D eigenvalue weighted by Crippen LogP contribution is 2.22. The van der Waals surface area contributed by atoms with Gasteiger partial charge in [0, 0.05) is 11.2 Å². The molecule has 0 saturated heterocycles. The summed E-state index contributed by atoms with van der Waals surface area (Å²) >= 11 is 11.5. The van der Waals surface area contributed by atoms with Gasteiger partial charge in [0.2, 0.25) is 0 Å². The molecule has 2 heterocycles. The van der Waals surface area contributed by atoms with Gasteiger partial charge in [0.25, 0.3) is 0 Å². The van der Waals surface area contributed by atoms with Crippen molar-refractivity contribution >= 4 is 35.0 Å². The van der Waals surface area contributed by atoms with Gasteiger partial charge >= 0.3 is 0 Å². The molecule has 1 N–H and O–H groups in total. The Morgan fingerprint density at radius 3 is 2.94 bits per heavy atom. The summed E-state index contributed by atoms with van der Waals surface area (Å²) in [5, 5.41) is 0.722. The Morgan fingerprint density at radius 2 is 2.17 bits per heavy atom. The Kier molecular flexibility index (Phi) is 2.69. The third-order valence-electron chi connectivity index (χ3n) is 2.86. The SMILES string of the molecule is Cc1ccc(-n2c(=S)[nH]c3cccnc32)cc1Cl. The van der Waals surface area contributed by atoms with Gasteiger partial charge in [-0.2, -0.15) is 0 Å². The summed E-state index contributed by atoms with van der Waals surface area (Å²) in [5.74, 6) is 0. The van der Waals surface area contributed by atoms with Gasteiger partial charge in [-0.05, 0) is 49.0 Å². The molecule has 0 aliphatic carbocycles. The highest BCUT2D eigenvalue weighted by Gasteiger charge is 2.08. The predicted octanol–water partition coefficient (Wildman–Crippen LogP) is 4.04. The number of benzene rings is 1. The molecule has 3 rings (SSSR count). The Morgan fingerprint density at radius 1 is 1.33 bits per heavy atom. The van der Waals surface area contributed by atoms with Crippen LogP contribution in [0.3, 0.4) is 0 Å². The maximum Gasteiger partial charge on any atom is 0.183 e. The zero-order valence-corrected chi connectivity index (χ0v) is 11.2. The highest BCUT2D eigenvalue weighted by atomic mass is 35.5. The van der Waals surface area contributed by atoms with Crippen LogP contribution in [0.4, 0.5) is 0 Å². The molecule has 0 aliphatic rings. The van der Waals surface area contributed by atoms with E-state index in [1.165, 1.54) is 0 Å². The molecule has 90 valence electrons. The average molecular weight is 276 g/mol. The largest absolute Gasteiger partial charge is 0.329 e. The molecule has 0 unspecified atom stereocenters. The molecule has 5 heteroatoms. The van der Waals surface area contributed by atoms with Crippen molar-refractivity contribution in [3.05, 3.63) is 51.9 Å². The minimum absolute atomic E-state index is 0.614. The summed E-state index contributed by atoms with van der Waals surface area (Å²) < 4.78 is 2.50. The molecule has 0 amide bonds. The number of imidazole rings is 1. The maximum atomic E-state index is 6.16. The van der Waals surface area contributed by atoms with Gasteiger partial charge in [0.15, 0.2) is 10.4 Å². The first-order valence-corrected chi connectivity index (χ1v) is 6.28. The lowest BCUT2D eigenvalue weighted by Crippen LogP contribution is -1.95. The van der Waals surface area contributed by atoms with Gasteiger partial charge in [0.1, 0.15) is 0 Å². The van der Waals surface area contributed by atoms with Crippen molar-refractivity contribution < 1.29 is 0 Å². The second kappa shape index (κ2) is 4.23. The normalized spacial score (nSPS) is 11.0. The lowest BCUT2D eigenvalue weighted by Gasteiger charge is -2.05. The fourth-order valence-corrected chi connectivity index (χ4v) is 2.38. The number of nitrogens with one attached hydrogen (secondary N) is 1. The van der Waals surface area contributed by atoms with Crippen LogP contribution in [0.1, 0.15) is 5.56 Å². The molecule has 0 bridgehead atoms. The van der Waals surface area contributed by atoms with E-state index in [2.05, 4.69) is 9.97 Å². The van der Waals surface area contributed by atoms with Crippen LogP contribution in [0.25, 0.3) is 16.9 Å². The summed E-state index contributed by atoms with van der Waals surface area (Å²) in [6, 6.07) is 9.68. The van der Waals surface area contributed by atoms with Crippen molar-refractivity contribution in [3.63, 3.8) is 0 Å². The zero-order valence-electron chi connectivity index (χ0n) is 9.64. The molecule has 0 radical (unpaired) electrons. The average Bonchev–Trinajstić information content (AvgIpc) is 2.69. The van der Waals surface area contributed by atoms with Crippen LogP contribution in [-0.4, -0.2) is 14.5 Å². The minimum Gasteiger partial charge on any atom is -0.329 e. The molecule has 3 nitrogen and oxygen atoms in total. The number of aromatic nitrogens is 3. The number of rotatable bonds is 1. The van der Waals surface area contributed by atoms with E-state index in [0.29, 0.717) is 4.77 Å². The standard InChI is InChI=1S/C13H10ClN3S/c1-8-4-5-9(7-10(8)14)17-12-11(16-13(17)18)3-2-6-15-12/h2-7H,1H3,(H,16,18). The van der Waals surface area contributed by atoms with Crippen molar-refractivity contribution in [2.24, 2.45) is 0 Å². The van der Waals surface area contributed by atoms with Gasteiger partial charge in [0.05, 0.1) is 11.2 Å². The summed E-state index contributed by atoms with van der Waals surface area (Å²) in [5.41, 5.74) is 3.68. The van der Waals surface area contributed by atoms with Crippen molar-refractivity contribution in [1.29, 1.82) is 0 Å². The molecule has 0 fully saturated rings. The first kappa shape index (κ1) is 11.4. The summed E-state index contributed by atoms with van der Waals surface area (Å²) in [6.45, 7) is 1.97. The molecule has 0 atom stereocenters. The number of aryl methyl sites for hydroxylation is 1. The molecule has 3 aromatic rings. The number of hydrogen-bond donors (Lipinski definition) is 1. The molecular formula is C13H10ClN3S. The monoisotopic (exact) mass is 275 g/mol. The van der Waals surface area contributed by atoms with E-state index >= 15 is 0 Å². The number of hydrogen-bond acceptors (Lipinski definition) is 2. The van der Waals surface area contributed by atoms with Crippen molar-refractivity contribution in [2.45, 2.75) is 6.92 Å². The Hall–Kier alpha value is -1.65. The fourth-order valence-electron chi connectivity index (χ4n) is 1.90. The van der Waals surface area contributed by atoms with E-state index in [1.807, 2.05) is 41.8 Å². The van der Waals surface area contributed by atoms with Crippen LogP contribution in [0.15, 0.2) is 36.5 Å². The number of nitrogens with zero attached hydrogens (tertiary/aromatic N) is 2. The van der Waals surface area contributed by atoms with Gasteiger partial charge in [-0.1, -0.05) is 17.7 Å². The van der Waals surface area contributed by atoms with Crippen molar-refractivity contribution in [2.75, 3.05) is 0 Å². The molecule has 2 aromatic heterocycles. The zero-order chi connectivity index (χ0) is 12.7. The Bertz CT molecular complexity index is 788. The number of aromatic amines is 1. The predicted molar refractivity (Wildman–Crippen MR) is 76.0 cm³/mol. The van der Waals surface area contributed by atoms with Crippen LogP contribution in [0.5, 0.6) is 0 Å². The minimum atomic E-state index is 0.614. The first-order chi connectivity index (χ1) is 8.66. The molecule has 1 aromatic carbocycles. The second-order valence-corrected chi connectivity index (χ2v) is 4.87. The maximum absolute atomic E-state index is 6.16. The topological polar surface area (TPSA) is 33.6 Å². The highest BCUT2D eigenvalue weighted by molar-refractivity contribution is 7.71. The second-order valence-electron chi connectivity index (χ2n) is 4.07. The Balaban J connectivity index is 2.34. The summed E-state index contributed by atoms with van der Waals surface area (Å²) in [4.78, 5) is 7.48. The quantitative estimate of drug-likeness (QED) is 0.680.